The Morgan fingerprint density at radius 2 is 1.95 bits per heavy atom. The number of carbonyl (C=O) groups excluding carboxylic acids is 1. The van der Waals surface area contributed by atoms with E-state index >= 15 is 0 Å². The fraction of sp³-hybridized carbons (Fsp3) is 0.588. The van der Waals surface area contributed by atoms with Gasteiger partial charge in [-0.25, -0.2) is 0 Å². The standard InChI is InChI=1S/C17H26N2O/c1-13(2)10-17(20)18-11-14(3)19-9-8-15-6-4-5-7-16(15)12-19/h4-7,13-14H,8-12H2,1-3H3,(H,18,20). The van der Waals surface area contributed by atoms with E-state index < -0.39 is 0 Å². The van der Waals surface area contributed by atoms with Crippen LogP contribution in [0.25, 0.3) is 0 Å². The molecule has 0 radical (unpaired) electrons. The van der Waals surface area contributed by atoms with Gasteiger partial charge in [-0.05, 0) is 30.4 Å². The van der Waals surface area contributed by atoms with Crippen LogP contribution >= 0.6 is 0 Å². The van der Waals surface area contributed by atoms with Gasteiger partial charge in [0.1, 0.15) is 0 Å². The number of fused-ring (bicyclic) bond motifs is 1. The first-order valence-electron chi connectivity index (χ1n) is 7.63. The largest absolute Gasteiger partial charge is 0.355 e. The highest BCUT2D eigenvalue weighted by molar-refractivity contribution is 5.76. The maximum Gasteiger partial charge on any atom is 0.220 e. The number of rotatable bonds is 5. The van der Waals surface area contributed by atoms with Crippen molar-refractivity contribution in [3.05, 3.63) is 35.4 Å². The third kappa shape index (κ3) is 4.07. The maximum absolute atomic E-state index is 11.7. The molecule has 0 bridgehead atoms. The Hall–Kier alpha value is -1.35. The predicted octanol–water partition coefficient (Wildman–Crippen LogP) is 2.60. The van der Waals surface area contributed by atoms with Crippen molar-refractivity contribution in [1.82, 2.24) is 10.2 Å². The Morgan fingerprint density at radius 1 is 1.25 bits per heavy atom. The van der Waals surface area contributed by atoms with E-state index in [2.05, 4.69) is 55.3 Å². The minimum Gasteiger partial charge on any atom is -0.355 e. The third-order valence-corrected chi connectivity index (χ3v) is 3.97. The summed E-state index contributed by atoms with van der Waals surface area (Å²) in [4.78, 5) is 14.2. The molecule has 1 aliphatic heterocycles. The summed E-state index contributed by atoms with van der Waals surface area (Å²) >= 11 is 0. The van der Waals surface area contributed by atoms with E-state index in [1.54, 1.807) is 0 Å². The molecule has 0 saturated carbocycles. The second-order valence-corrected chi connectivity index (χ2v) is 6.24. The predicted molar refractivity (Wildman–Crippen MR) is 82.5 cm³/mol. The quantitative estimate of drug-likeness (QED) is 0.895. The van der Waals surface area contributed by atoms with Crippen molar-refractivity contribution in [2.24, 2.45) is 5.92 Å². The lowest BCUT2D eigenvalue weighted by molar-refractivity contribution is -0.122. The van der Waals surface area contributed by atoms with Gasteiger partial charge in [0, 0.05) is 32.1 Å². The van der Waals surface area contributed by atoms with Gasteiger partial charge < -0.3 is 5.32 Å². The van der Waals surface area contributed by atoms with Gasteiger partial charge in [0.25, 0.3) is 0 Å². The SMILES string of the molecule is CC(C)CC(=O)NCC(C)N1CCc2ccccc2C1. The fourth-order valence-electron chi connectivity index (χ4n) is 2.73. The van der Waals surface area contributed by atoms with Crippen LogP contribution in [0.15, 0.2) is 24.3 Å². The summed E-state index contributed by atoms with van der Waals surface area (Å²) in [7, 11) is 0. The van der Waals surface area contributed by atoms with Crippen LogP contribution in [-0.2, 0) is 17.8 Å². The number of nitrogens with one attached hydrogen (secondary N) is 1. The van der Waals surface area contributed by atoms with Gasteiger partial charge in [0.2, 0.25) is 5.91 Å². The maximum atomic E-state index is 11.7. The Kier molecular flexibility index (Phi) is 5.18. The van der Waals surface area contributed by atoms with Crippen molar-refractivity contribution in [2.45, 2.75) is 46.2 Å². The summed E-state index contributed by atoms with van der Waals surface area (Å²) in [5, 5.41) is 3.05. The number of carbonyl (C=O) groups is 1. The molecular weight excluding hydrogens is 248 g/mol. The van der Waals surface area contributed by atoms with Crippen molar-refractivity contribution < 1.29 is 4.79 Å². The second-order valence-electron chi connectivity index (χ2n) is 6.24. The minimum atomic E-state index is 0.171. The molecule has 0 spiro atoms. The zero-order chi connectivity index (χ0) is 14.5. The zero-order valence-corrected chi connectivity index (χ0v) is 12.9. The van der Waals surface area contributed by atoms with E-state index in [1.807, 2.05) is 0 Å². The minimum absolute atomic E-state index is 0.171. The van der Waals surface area contributed by atoms with Crippen LogP contribution in [-0.4, -0.2) is 29.9 Å². The van der Waals surface area contributed by atoms with E-state index in [0.717, 1.165) is 26.1 Å². The number of benzene rings is 1. The lowest BCUT2D eigenvalue weighted by Gasteiger charge is -2.33. The van der Waals surface area contributed by atoms with E-state index in [0.29, 0.717) is 18.4 Å². The molecule has 1 aliphatic rings. The lowest BCUT2D eigenvalue weighted by atomic mass is 9.99. The molecule has 1 atom stereocenters. The first-order valence-corrected chi connectivity index (χ1v) is 7.63. The molecule has 3 heteroatoms. The van der Waals surface area contributed by atoms with Crippen LogP contribution in [0.5, 0.6) is 0 Å². The molecule has 1 N–H and O–H groups in total. The fourth-order valence-corrected chi connectivity index (χ4v) is 2.73. The van der Waals surface area contributed by atoms with E-state index in [-0.39, 0.29) is 5.91 Å². The molecule has 1 amide bonds. The Balaban J connectivity index is 1.82. The molecule has 0 saturated heterocycles. The summed E-state index contributed by atoms with van der Waals surface area (Å²) in [5.41, 5.74) is 2.90. The second kappa shape index (κ2) is 6.89. The summed E-state index contributed by atoms with van der Waals surface area (Å²) in [6.07, 6.45) is 1.73. The topological polar surface area (TPSA) is 32.3 Å². The molecule has 1 aromatic rings. The van der Waals surface area contributed by atoms with Crippen LogP contribution in [0.1, 0.15) is 38.3 Å². The highest BCUT2D eigenvalue weighted by atomic mass is 16.1. The number of amides is 1. The molecule has 110 valence electrons. The first-order chi connectivity index (χ1) is 9.56. The molecule has 0 fully saturated rings. The summed E-state index contributed by atoms with van der Waals surface area (Å²) in [6.45, 7) is 9.17. The molecule has 3 nitrogen and oxygen atoms in total. The highest BCUT2D eigenvalue weighted by Crippen LogP contribution is 2.19. The van der Waals surface area contributed by atoms with E-state index in [4.69, 9.17) is 0 Å². The Bertz CT molecular complexity index is 456. The number of hydrogen-bond donors (Lipinski definition) is 1. The Labute approximate surface area is 122 Å². The van der Waals surface area contributed by atoms with Crippen LogP contribution in [0.2, 0.25) is 0 Å². The van der Waals surface area contributed by atoms with Gasteiger partial charge in [0.05, 0.1) is 0 Å². The third-order valence-electron chi connectivity index (χ3n) is 3.97. The molecule has 0 aromatic heterocycles. The monoisotopic (exact) mass is 274 g/mol. The van der Waals surface area contributed by atoms with Crippen LogP contribution < -0.4 is 5.32 Å². The van der Waals surface area contributed by atoms with Gasteiger partial charge in [-0.15, -0.1) is 0 Å². The highest BCUT2D eigenvalue weighted by Gasteiger charge is 2.20. The van der Waals surface area contributed by atoms with Gasteiger partial charge in [-0.1, -0.05) is 38.1 Å². The van der Waals surface area contributed by atoms with Gasteiger partial charge in [0.15, 0.2) is 0 Å². The molecule has 2 rings (SSSR count). The van der Waals surface area contributed by atoms with Crippen molar-refractivity contribution in [2.75, 3.05) is 13.1 Å². The average molecular weight is 274 g/mol. The van der Waals surface area contributed by atoms with Crippen molar-refractivity contribution in [3.63, 3.8) is 0 Å². The zero-order valence-electron chi connectivity index (χ0n) is 12.9. The van der Waals surface area contributed by atoms with E-state index in [9.17, 15) is 4.79 Å². The Morgan fingerprint density at radius 3 is 2.65 bits per heavy atom. The molecule has 0 aliphatic carbocycles. The van der Waals surface area contributed by atoms with Crippen molar-refractivity contribution in [3.8, 4) is 0 Å². The number of hydrogen-bond acceptors (Lipinski definition) is 2. The molecule has 1 aromatic carbocycles. The van der Waals surface area contributed by atoms with Crippen molar-refractivity contribution >= 4 is 5.91 Å². The summed E-state index contributed by atoms with van der Waals surface area (Å²) < 4.78 is 0. The molecule has 1 heterocycles. The summed E-state index contributed by atoms with van der Waals surface area (Å²) in [5.74, 6) is 0.594. The molecule has 1 unspecified atom stereocenters. The van der Waals surface area contributed by atoms with Gasteiger partial charge in [-0.2, -0.15) is 0 Å². The van der Waals surface area contributed by atoms with Gasteiger partial charge in [-0.3, -0.25) is 9.69 Å². The smallest absolute Gasteiger partial charge is 0.220 e. The molecular formula is C17H26N2O. The first kappa shape index (κ1) is 15.0. The van der Waals surface area contributed by atoms with E-state index in [1.165, 1.54) is 11.1 Å². The van der Waals surface area contributed by atoms with Crippen LogP contribution in [0, 0.1) is 5.92 Å². The average Bonchev–Trinajstić information content (AvgIpc) is 2.43. The lowest BCUT2D eigenvalue weighted by Crippen LogP contribution is -2.44. The number of nitrogens with zero attached hydrogens (tertiary/aromatic N) is 1. The normalized spacial score (nSPS) is 16.8. The van der Waals surface area contributed by atoms with Crippen LogP contribution in [0.4, 0.5) is 0 Å². The molecule has 20 heavy (non-hydrogen) atoms. The van der Waals surface area contributed by atoms with Gasteiger partial charge >= 0.3 is 0 Å². The van der Waals surface area contributed by atoms with Crippen molar-refractivity contribution in [1.29, 1.82) is 0 Å². The van der Waals surface area contributed by atoms with Crippen LogP contribution in [0.3, 0.4) is 0 Å². The summed E-state index contributed by atoms with van der Waals surface area (Å²) in [6, 6.07) is 9.05.